The number of amides is 1. The van der Waals surface area contributed by atoms with Gasteiger partial charge in [-0.15, -0.1) is 0 Å². The monoisotopic (exact) mass is 478 g/mol. The van der Waals surface area contributed by atoms with Crippen LogP contribution in [0.25, 0.3) is 10.9 Å². The number of rotatable bonds is 6. The van der Waals surface area contributed by atoms with E-state index in [1.165, 1.54) is 0 Å². The van der Waals surface area contributed by atoms with Crippen LogP contribution in [0.4, 0.5) is 5.69 Å². The minimum absolute atomic E-state index is 0.178. The molecule has 0 radical (unpaired) electrons. The number of nitrogens with one attached hydrogen (secondary N) is 1. The number of fused-ring (bicyclic) bond motifs is 1. The zero-order valence-corrected chi connectivity index (χ0v) is 18.5. The van der Waals surface area contributed by atoms with Crippen molar-refractivity contribution >= 4 is 38.4 Å². The number of ether oxygens (including phenoxy) is 3. The fraction of sp³-hybridized carbons (Fsp3) is 0.0833. The van der Waals surface area contributed by atoms with Gasteiger partial charge in [0.15, 0.2) is 11.5 Å². The molecular weight excluding hydrogens is 460 g/mol. The molecule has 1 amide bonds. The molecule has 0 unspecified atom stereocenters. The van der Waals surface area contributed by atoms with E-state index in [2.05, 4.69) is 26.2 Å². The molecule has 3 aromatic carbocycles. The molecule has 0 aliphatic heterocycles. The second-order valence-corrected chi connectivity index (χ2v) is 7.54. The van der Waals surface area contributed by atoms with Crippen molar-refractivity contribution in [3.8, 4) is 23.0 Å². The molecule has 0 fully saturated rings. The van der Waals surface area contributed by atoms with Crippen molar-refractivity contribution in [3.63, 3.8) is 0 Å². The second-order valence-electron chi connectivity index (χ2n) is 6.62. The summed E-state index contributed by atoms with van der Waals surface area (Å²) in [6.07, 6.45) is 1.68. The SMILES string of the molecule is COc1cc2nccc(Oc3ccc(NC(=O)c4ccc(Br)cc4)cc3)c2cc1OC. The Morgan fingerprint density at radius 1 is 0.871 bits per heavy atom. The van der Waals surface area contributed by atoms with Gasteiger partial charge in [0.1, 0.15) is 11.5 Å². The Balaban J connectivity index is 1.53. The number of hydrogen-bond donors (Lipinski definition) is 1. The Morgan fingerprint density at radius 2 is 1.55 bits per heavy atom. The Bertz CT molecular complexity index is 1230. The van der Waals surface area contributed by atoms with E-state index in [1.807, 2.05) is 24.3 Å². The largest absolute Gasteiger partial charge is 0.493 e. The van der Waals surface area contributed by atoms with Gasteiger partial charge in [-0.2, -0.15) is 0 Å². The second kappa shape index (κ2) is 9.06. The van der Waals surface area contributed by atoms with Crippen LogP contribution in [-0.4, -0.2) is 25.1 Å². The fourth-order valence-corrected chi connectivity index (χ4v) is 3.34. The third-order valence-electron chi connectivity index (χ3n) is 4.65. The van der Waals surface area contributed by atoms with Gasteiger partial charge < -0.3 is 19.5 Å². The Morgan fingerprint density at radius 3 is 2.23 bits per heavy atom. The van der Waals surface area contributed by atoms with E-state index >= 15 is 0 Å². The normalized spacial score (nSPS) is 10.5. The van der Waals surface area contributed by atoms with Crippen LogP contribution in [0.1, 0.15) is 10.4 Å². The van der Waals surface area contributed by atoms with Crippen LogP contribution in [-0.2, 0) is 0 Å². The first-order valence-corrected chi connectivity index (χ1v) is 10.2. The van der Waals surface area contributed by atoms with E-state index in [1.54, 1.807) is 62.9 Å². The number of anilines is 1. The minimum atomic E-state index is -0.178. The van der Waals surface area contributed by atoms with E-state index in [4.69, 9.17) is 14.2 Å². The Labute approximate surface area is 187 Å². The average Bonchev–Trinajstić information content (AvgIpc) is 2.80. The van der Waals surface area contributed by atoms with Crippen LogP contribution < -0.4 is 19.5 Å². The van der Waals surface area contributed by atoms with Crippen molar-refractivity contribution in [1.82, 2.24) is 4.98 Å². The molecule has 7 heteroatoms. The summed E-state index contributed by atoms with van der Waals surface area (Å²) in [5, 5.41) is 3.67. The first-order valence-electron chi connectivity index (χ1n) is 9.43. The lowest BCUT2D eigenvalue weighted by atomic mass is 10.2. The zero-order chi connectivity index (χ0) is 21.8. The number of pyridine rings is 1. The molecular formula is C24H19BrN2O4. The minimum Gasteiger partial charge on any atom is -0.493 e. The van der Waals surface area contributed by atoms with Crippen molar-refractivity contribution in [2.75, 3.05) is 19.5 Å². The van der Waals surface area contributed by atoms with E-state index in [0.717, 1.165) is 15.4 Å². The summed E-state index contributed by atoms with van der Waals surface area (Å²) < 4.78 is 17.7. The third-order valence-corrected chi connectivity index (χ3v) is 5.18. The molecule has 0 saturated heterocycles. The molecule has 0 bridgehead atoms. The van der Waals surface area contributed by atoms with Gasteiger partial charge in [0, 0.05) is 33.4 Å². The van der Waals surface area contributed by atoms with E-state index in [9.17, 15) is 4.79 Å². The van der Waals surface area contributed by atoms with Crippen LogP contribution in [0.5, 0.6) is 23.0 Å². The van der Waals surface area contributed by atoms with Crippen LogP contribution >= 0.6 is 15.9 Å². The quantitative estimate of drug-likeness (QED) is 0.364. The molecule has 6 nitrogen and oxygen atoms in total. The highest BCUT2D eigenvalue weighted by Crippen LogP contribution is 2.37. The van der Waals surface area contributed by atoms with Gasteiger partial charge in [0.25, 0.3) is 5.91 Å². The van der Waals surface area contributed by atoms with Gasteiger partial charge in [-0.1, -0.05) is 15.9 Å². The van der Waals surface area contributed by atoms with Gasteiger partial charge in [-0.05, 0) is 60.7 Å². The number of nitrogens with zero attached hydrogens (tertiary/aromatic N) is 1. The maximum Gasteiger partial charge on any atom is 0.255 e. The lowest BCUT2D eigenvalue weighted by molar-refractivity contribution is 0.102. The van der Waals surface area contributed by atoms with Gasteiger partial charge in [0.2, 0.25) is 0 Å². The predicted molar refractivity (Wildman–Crippen MR) is 123 cm³/mol. The number of methoxy groups -OCH3 is 2. The van der Waals surface area contributed by atoms with Crippen LogP contribution in [0.15, 0.2) is 77.4 Å². The molecule has 4 rings (SSSR count). The van der Waals surface area contributed by atoms with E-state index < -0.39 is 0 Å². The molecule has 0 aliphatic carbocycles. The van der Waals surface area contributed by atoms with Crippen molar-refractivity contribution in [3.05, 3.63) is 83.0 Å². The van der Waals surface area contributed by atoms with Gasteiger partial charge in [0.05, 0.1) is 19.7 Å². The highest BCUT2D eigenvalue weighted by molar-refractivity contribution is 9.10. The van der Waals surface area contributed by atoms with E-state index in [0.29, 0.717) is 34.2 Å². The van der Waals surface area contributed by atoms with Crippen LogP contribution in [0.2, 0.25) is 0 Å². The molecule has 0 atom stereocenters. The predicted octanol–water partition coefficient (Wildman–Crippen LogP) is 6.06. The van der Waals surface area contributed by atoms with Crippen LogP contribution in [0.3, 0.4) is 0 Å². The van der Waals surface area contributed by atoms with Crippen molar-refractivity contribution in [2.24, 2.45) is 0 Å². The van der Waals surface area contributed by atoms with Crippen LogP contribution in [0, 0.1) is 0 Å². The smallest absolute Gasteiger partial charge is 0.255 e. The number of hydrogen-bond acceptors (Lipinski definition) is 5. The first kappa shape index (κ1) is 20.7. The summed E-state index contributed by atoms with van der Waals surface area (Å²) in [5.41, 5.74) is 1.98. The number of carbonyl (C=O) groups excluding carboxylic acids is 1. The third kappa shape index (κ3) is 4.62. The standard InChI is InChI=1S/C24H19BrN2O4/c1-29-22-13-19-20(14-23(22)30-2)26-12-11-21(19)31-18-9-7-17(8-10-18)27-24(28)15-3-5-16(25)6-4-15/h3-14H,1-2H3,(H,27,28). The summed E-state index contributed by atoms with van der Waals surface area (Å²) in [4.78, 5) is 16.8. The van der Waals surface area contributed by atoms with Crippen molar-refractivity contribution < 1.29 is 19.0 Å². The topological polar surface area (TPSA) is 69.7 Å². The summed E-state index contributed by atoms with van der Waals surface area (Å²) in [7, 11) is 3.17. The van der Waals surface area contributed by atoms with E-state index in [-0.39, 0.29) is 5.91 Å². The summed E-state index contributed by atoms with van der Waals surface area (Å²) in [6.45, 7) is 0. The molecule has 156 valence electrons. The van der Waals surface area contributed by atoms with Gasteiger partial charge in [-0.3, -0.25) is 9.78 Å². The number of carbonyl (C=O) groups is 1. The molecule has 1 heterocycles. The van der Waals surface area contributed by atoms with Gasteiger partial charge in [-0.25, -0.2) is 0 Å². The average molecular weight is 479 g/mol. The Kier molecular flexibility index (Phi) is 6.04. The molecule has 31 heavy (non-hydrogen) atoms. The lowest BCUT2D eigenvalue weighted by Gasteiger charge is -2.12. The number of aromatic nitrogens is 1. The van der Waals surface area contributed by atoms with Crippen molar-refractivity contribution in [2.45, 2.75) is 0 Å². The maximum atomic E-state index is 12.4. The van der Waals surface area contributed by atoms with Crippen molar-refractivity contribution in [1.29, 1.82) is 0 Å². The molecule has 1 aromatic heterocycles. The first-order chi connectivity index (χ1) is 15.1. The summed E-state index contributed by atoms with van der Waals surface area (Å²) in [5.74, 6) is 2.29. The highest BCUT2D eigenvalue weighted by Gasteiger charge is 2.12. The molecule has 0 saturated carbocycles. The zero-order valence-electron chi connectivity index (χ0n) is 16.9. The number of benzene rings is 3. The highest BCUT2D eigenvalue weighted by atomic mass is 79.9. The lowest BCUT2D eigenvalue weighted by Crippen LogP contribution is -2.11. The van der Waals surface area contributed by atoms with Gasteiger partial charge >= 0.3 is 0 Å². The molecule has 4 aromatic rings. The molecule has 0 aliphatic rings. The fourth-order valence-electron chi connectivity index (χ4n) is 3.07. The summed E-state index contributed by atoms with van der Waals surface area (Å²) in [6, 6.07) is 19.8. The maximum absolute atomic E-state index is 12.4. The molecule has 0 spiro atoms. The summed E-state index contributed by atoms with van der Waals surface area (Å²) >= 11 is 3.36. The number of halogens is 1. The molecule has 1 N–H and O–H groups in total. The Hall–Kier alpha value is -3.58.